The van der Waals surface area contributed by atoms with E-state index in [1.54, 1.807) is 0 Å². The van der Waals surface area contributed by atoms with Gasteiger partial charge in [-0.15, -0.1) is 0 Å². The fourth-order valence-corrected chi connectivity index (χ4v) is 6.04. The van der Waals surface area contributed by atoms with Crippen molar-refractivity contribution in [3.63, 3.8) is 0 Å². The molecule has 0 aliphatic carbocycles. The highest BCUT2D eigenvalue weighted by atomic mass is 35.5. The molecule has 2 heterocycles. The highest BCUT2D eigenvalue weighted by molar-refractivity contribution is 7.93. The summed E-state index contributed by atoms with van der Waals surface area (Å²) in [5, 5.41) is 0.138. The molecule has 0 amide bonds. The summed E-state index contributed by atoms with van der Waals surface area (Å²) in [6.45, 7) is 0.730. The van der Waals surface area contributed by atoms with Gasteiger partial charge in [0.15, 0.2) is 0 Å². The molecule has 4 nitrogen and oxygen atoms in total. The molecule has 2 aromatic carbocycles. The van der Waals surface area contributed by atoms with Crippen LogP contribution < -0.4 is 9.21 Å². The molecule has 0 radical (unpaired) electrons. The summed E-state index contributed by atoms with van der Waals surface area (Å²) in [6, 6.07) is 7.14. The SMILES string of the molecule is O=S(=O)(c1cc(Cl)ccc1Cl)N1C[C@H]2CCCN2c2ccc(C(F)(F)F)cc21. The Kier molecular flexibility index (Phi) is 4.71. The first kappa shape index (κ1) is 19.7. The van der Waals surface area contributed by atoms with Crippen LogP contribution in [-0.2, 0) is 16.2 Å². The largest absolute Gasteiger partial charge is 0.416 e. The lowest BCUT2D eigenvalue weighted by Gasteiger charge is -2.40. The fourth-order valence-electron chi connectivity index (χ4n) is 3.80. The summed E-state index contributed by atoms with van der Waals surface area (Å²) in [4.78, 5) is 1.75. The normalized spacial score (nSPS) is 19.5. The Morgan fingerprint density at radius 3 is 2.50 bits per heavy atom. The van der Waals surface area contributed by atoms with Crippen LogP contribution in [0.4, 0.5) is 24.5 Å². The molecule has 150 valence electrons. The Balaban J connectivity index is 1.90. The molecule has 0 N–H and O–H groups in total. The maximum absolute atomic E-state index is 13.4. The predicted molar refractivity (Wildman–Crippen MR) is 103 cm³/mol. The summed E-state index contributed by atoms with van der Waals surface area (Å²) in [6.07, 6.45) is -2.98. The first-order valence-electron chi connectivity index (χ1n) is 8.55. The summed E-state index contributed by atoms with van der Waals surface area (Å²) in [5.74, 6) is 0. The molecule has 1 atom stereocenters. The van der Waals surface area contributed by atoms with E-state index in [0.717, 1.165) is 29.3 Å². The van der Waals surface area contributed by atoms with Gasteiger partial charge in [0.05, 0.1) is 28.5 Å². The molecule has 0 bridgehead atoms. The third-order valence-corrected chi connectivity index (χ3v) is 7.59. The molecule has 2 aliphatic rings. The summed E-state index contributed by atoms with van der Waals surface area (Å²) >= 11 is 12.0. The van der Waals surface area contributed by atoms with Gasteiger partial charge in [-0.25, -0.2) is 8.42 Å². The Morgan fingerprint density at radius 2 is 1.79 bits per heavy atom. The number of alkyl halides is 3. The summed E-state index contributed by atoms with van der Waals surface area (Å²) in [5.41, 5.74) is -0.422. The molecular formula is C18H15Cl2F3N2O2S. The maximum Gasteiger partial charge on any atom is 0.416 e. The van der Waals surface area contributed by atoms with Gasteiger partial charge >= 0.3 is 6.18 Å². The van der Waals surface area contributed by atoms with Gasteiger partial charge in [-0.05, 0) is 49.2 Å². The van der Waals surface area contributed by atoms with E-state index < -0.39 is 21.8 Å². The number of hydrogen-bond donors (Lipinski definition) is 0. The van der Waals surface area contributed by atoms with Crippen LogP contribution in [0.2, 0.25) is 10.0 Å². The van der Waals surface area contributed by atoms with Crippen molar-refractivity contribution in [3.05, 3.63) is 52.0 Å². The fraction of sp³-hybridized carbons (Fsp3) is 0.333. The number of hydrogen-bond acceptors (Lipinski definition) is 3. The van der Waals surface area contributed by atoms with Crippen molar-refractivity contribution in [1.82, 2.24) is 0 Å². The van der Waals surface area contributed by atoms with Gasteiger partial charge in [-0.1, -0.05) is 23.2 Å². The third-order valence-electron chi connectivity index (χ3n) is 5.10. The minimum Gasteiger partial charge on any atom is -0.365 e. The smallest absolute Gasteiger partial charge is 0.365 e. The Bertz CT molecular complexity index is 1040. The van der Waals surface area contributed by atoms with Gasteiger partial charge in [0.2, 0.25) is 0 Å². The molecule has 1 fully saturated rings. The quantitative estimate of drug-likeness (QED) is 0.631. The Morgan fingerprint density at radius 1 is 1.04 bits per heavy atom. The van der Waals surface area contributed by atoms with Crippen molar-refractivity contribution in [2.24, 2.45) is 0 Å². The topological polar surface area (TPSA) is 40.6 Å². The molecule has 4 rings (SSSR count). The molecule has 0 saturated carbocycles. The van der Waals surface area contributed by atoms with Crippen molar-refractivity contribution in [2.75, 3.05) is 22.3 Å². The number of fused-ring (bicyclic) bond motifs is 3. The number of benzene rings is 2. The second kappa shape index (κ2) is 6.71. The minimum absolute atomic E-state index is 0.00372. The van der Waals surface area contributed by atoms with Crippen LogP contribution in [0.1, 0.15) is 18.4 Å². The Hall–Kier alpha value is -1.64. The van der Waals surface area contributed by atoms with E-state index in [1.807, 2.05) is 4.90 Å². The first-order valence-corrected chi connectivity index (χ1v) is 10.7. The molecule has 2 aliphatic heterocycles. The number of anilines is 2. The van der Waals surface area contributed by atoms with Crippen molar-refractivity contribution >= 4 is 44.6 Å². The van der Waals surface area contributed by atoms with Crippen molar-refractivity contribution in [1.29, 1.82) is 0 Å². The van der Waals surface area contributed by atoms with Crippen LogP contribution in [0.25, 0.3) is 0 Å². The molecule has 0 unspecified atom stereocenters. The maximum atomic E-state index is 13.4. The highest BCUT2D eigenvalue weighted by Gasteiger charge is 2.41. The average Bonchev–Trinajstić information content (AvgIpc) is 3.10. The van der Waals surface area contributed by atoms with Crippen LogP contribution in [0.5, 0.6) is 0 Å². The number of rotatable bonds is 2. The van der Waals surface area contributed by atoms with E-state index in [9.17, 15) is 21.6 Å². The molecule has 0 aromatic heterocycles. The minimum atomic E-state index is -4.58. The van der Waals surface area contributed by atoms with Crippen LogP contribution >= 0.6 is 23.2 Å². The number of nitrogens with zero attached hydrogens (tertiary/aromatic N) is 2. The van der Waals surface area contributed by atoms with E-state index in [0.29, 0.717) is 12.2 Å². The van der Waals surface area contributed by atoms with Crippen molar-refractivity contribution in [2.45, 2.75) is 30.0 Å². The van der Waals surface area contributed by atoms with Crippen LogP contribution in [0.3, 0.4) is 0 Å². The first-order chi connectivity index (χ1) is 13.1. The number of sulfonamides is 1. The van der Waals surface area contributed by atoms with Gasteiger partial charge in [-0.2, -0.15) is 13.2 Å². The van der Waals surface area contributed by atoms with E-state index in [4.69, 9.17) is 23.2 Å². The van der Waals surface area contributed by atoms with E-state index >= 15 is 0 Å². The third kappa shape index (κ3) is 3.21. The van der Waals surface area contributed by atoms with Crippen LogP contribution in [0.15, 0.2) is 41.3 Å². The summed E-state index contributed by atoms with van der Waals surface area (Å²) < 4.78 is 67.5. The second-order valence-electron chi connectivity index (χ2n) is 6.80. The van der Waals surface area contributed by atoms with Crippen LogP contribution in [0, 0.1) is 0 Å². The molecule has 28 heavy (non-hydrogen) atoms. The predicted octanol–water partition coefficient (Wildman–Crippen LogP) is 5.19. The molecule has 0 spiro atoms. The van der Waals surface area contributed by atoms with Crippen molar-refractivity contribution in [3.8, 4) is 0 Å². The molecule has 2 aromatic rings. The molecule has 10 heteroatoms. The Labute approximate surface area is 170 Å². The highest BCUT2D eigenvalue weighted by Crippen LogP contribution is 2.45. The molecule has 1 saturated heterocycles. The second-order valence-corrected chi connectivity index (χ2v) is 9.48. The number of halogens is 5. The monoisotopic (exact) mass is 450 g/mol. The molecular weight excluding hydrogens is 436 g/mol. The van der Waals surface area contributed by atoms with Gasteiger partial charge in [0.25, 0.3) is 10.0 Å². The van der Waals surface area contributed by atoms with Gasteiger partial charge in [0.1, 0.15) is 4.90 Å². The lowest BCUT2D eigenvalue weighted by Crippen LogP contribution is -2.48. The van der Waals surface area contributed by atoms with Crippen LogP contribution in [-0.4, -0.2) is 27.5 Å². The van der Waals surface area contributed by atoms with E-state index in [2.05, 4.69) is 0 Å². The van der Waals surface area contributed by atoms with E-state index in [1.165, 1.54) is 24.3 Å². The van der Waals surface area contributed by atoms with E-state index in [-0.39, 0.29) is 33.2 Å². The average molecular weight is 451 g/mol. The zero-order chi connectivity index (χ0) is 20.3. The lowest BCUT2D eigenvalue weighted by molar-refractivity contribution is -0.137. The van der Waals surface area contributed by atoms with Gasteiger partial charge in [-0.3, -0.25) is 4.31 Å². The standard InChI is InChI=1S/C18H15Cl2F3N2O2S/c19-12-4-5-14(20)17(9-12)28(26,27)25-10-13-2-1-7-24(13)15-6-3-11(8-16(15)25)18(21,22)23/h3-6,8-9,13H,1-2,7,10H2/t13-/m1/s1. The zero-order valence-corrected chi connectivity index (χ0v) is 16.7. The lowest BCUT2D eigenvalue weighted by atomic mass is 10.1. The van der Waals surface area contributed by atoms with Crippen molar-refractivity contribution < 1.29 is 21.6 Å². The zero-order valence-electron chi connectivity index (χ0n) is 14.4. The summed E-state index contributed by atoms with van der Waals surface area (Å²) in [7, 11) is -4.21. The van der Waals surface area contributed by atoms with Gasteiger partial charge < -0.3 is 4.90 Å². The van der Waals surface area contributed by atoms with Gasteiger partial charge in [0, 0.05) is 17.6 Å².